The van der Waals surface area contributed by atoms with Crippen molar-refractivity contribution in [2.24, 2.45) is 10.7 Å². The van der Waals surface area contributed by atoms with Gasteiger partial charge < -0.3 is 15.8 Å². The number of methoxy groups -OCH3 is 1. The fourth-order valence-electron chi connectivity index (χ4n) is 1.84. The Labute approximate surface area is 133 Å². The SMILES string of the molecule is COc1cc(Cl)ccc1CN=C(N)NCCc1cccs1. The number of nitrogens with zero attached hydrogens (tertiary/aromatic N) is 1. The number of benzene rings is 1. The minimum absolute atomic E-state index is 0.434. The molecule has 0 saturated heterocycles. The molecular formula is C15H18ClN3OS. The van der Waals surface area contributed by atoms with E-state index in [0.717, 1.165) is 24.3 Å². The predicted octanol–water partition coefficient (Wildman–Crippen LogP) is 3.06. The van der Waals surface area contributed by atoms with Crippen LogP contribution in [0.2, 0.25) is 5.02 Å². The maximum atomic E-state index is 5.92. The summed E-state index contributed by atoms with van der Waals surface area (Å²) in [6.07, 6.45) is 0.943. The number of ether oxygens (including phenoxy) is 1. The maximum Gasteiger partial charge on any atom is 0.188 e. The summed E-state index contributed by atoms with van der Waals surface area (Å²) >= 11 is 7.67. The zero-order chi connectivity index (χ0) is 15.1. The highest BCUT2D eigenvalue weighted by molar-refractivity contribution is 7.09. The van der Waals surface area contributed by atoms with Crippen molar-refractivity contribution < 1.29 is 4.74 Å². The van der Waals surface area contributed by atoms with Crippen LogP contribution in [0, 0.1) is 0 Å². The monoisotopic (exact) mass is 323 g/mol. The average molecular weight is 324 g/mol. The van der Waals surface area contributed by atoms with Crippen LogP contribution in [0.4, 0.5) is 0 Å². The first-order valence-corrected chi connectivity index (χ1v) is 7.83. The largest absolute Gasteiger partial charge is 0.496 e. The summed E-state index contributed by atoms with van der Waals surface area (Å²) < 4.78 is 5.28. The summed E-state index contributed by atoms with van der Waals surface area (Å²) in [6.45, 7) is 1.23. The Hall–Kier alpha value is -1.72. The Morgan fingerprint density at radius 3 is 3.00 bits per heavy atom. The molecule has 2 aromatic rings. The molecule has 0 atom stereocenters. The molecule has 0 bridgehead atoms. The van der Waals surface area contributed by atoms with E-state index in [9.17, 15) is 0 Å². The number of guanidine groups is 1. The van der Waals surface area contributed by atoms with Gasteiger partial charge in [0.2, 0.25) is 0 Å². The maximum absolute atomic E-state index is 5.92. The third-order valence-corrected chi connectivity index (χ3v) is 4.10. The van der Waals surface area contributed by atoms with Crippen molar-refractivity contribution in [1.29, 1.82) is 0 Å². The van der Waals surface area contributed by atoms with Gasteiger partial charge in [-0.1, -0.05) is 23.7 Å². The molecule has 21 heavy (non-hydrogen) atoms. The molecular weight excluding hydrogens is 306 g/mol. The van der Waals surface area contributed by atoms with Gasteiger partial charge in [-0.15, -0.1) is 11.3 Å². The van der Waals surface area contributed by atoms with E-state index in [4.69, 9.17) is 22.1 Å². The average Bonchev–Trinajstić information content (AvgIpc) is 2.99. The lowest BCUT2D eigenvalue weighted by Crippen LogP contribution is -2.33. The molecule has 4 nitrogen and oxygen atoms in total. The summed E-state index contributed by atoms with van der Waals surface area (Å²) in [6, 6.07) is 9.63. The van der Waals surface area contributed by atoms with E-state index in [-0.39, 0.29) is 0 Å². The van der Waals surface area contributed by atoms with Crippen LogP contribution in [-0.4, -0.2) is 19.6 Å². The van der Waals surface area contributed by atoms with E-state index >= 15 is 0 Å². The summed E-state index contributed by atoms with van der Waals surface area (Å²) in [7, 11) is 1.61. The lowest BCUT2D eigenvalue weighted by atomic mass is 10.2. The van der Waals surface area contributed by atoms with Gasteiger partial charge in [0.15, 0.2) is 5.96 Å². The second kappa shape index (κ2) is 7.90. The Balaban J connectivity index is 1.85. The molecule has 0 aliphatic carbocycles. The fourth-order valence-corrected chi connectivity index (χ4v) is 2.71. The second-order valence-electron chi connectivity index (χ2n) is 4.41. The molecule has 1 aromatic heterocycles. The number of hydrogen-bond acceptors (Lipinski definition) is 3. The van der Waals surface area contributed by atoms with E-state index in [1.807, 2.05) is 18.2 Å². The number of halogens is 1. The van der Waals surface area contributed by atoms with E-state index in [2.05, 4.69) is 21.8 Å². The van der Waals surface area contributed by atoms with Crippen LogP contribution in [0.1, 0.15) is 10.4 Å². The number of thiophene rings is 1. The normalized spacial score (nSPS) is 11.4. The molecule has 2 rings (SSSR count). The number of rotatable bonds is 6. The highest BCUT2D eigenvalue weighted by Gasteiger charge is 2.03. The van der Waals surface area contributed by atoms with Gasteiger partial charge in [-0.25, -0.2) is 4.99 Å². The van der Waals surface area contributed by atoms with Gasteiger partial charge in [-0.3, -0.25) is 0 Å². The minimum Gasteiger partial charge on any atom is -0.496 e. The van der Waals surface area contributed by atoms with Crippen molar-refractivity contribution in [2.75, 3.05) is 13.7 Å². The van der Waals surface area contributed by atoms with Gasteiger partial charge in [0.05, 0.1) is 13.7 Å². The molecule has 0 aliphatic heterocycles. The minimum atomic E-state index is 0.434. The number of aliphatic imine (C=N–C) groups is 1. The lowest BCUT2D eigenvalue weighted by molar-refractivity contribution is 0.410. The first-order chi connectivity index (χ1) is 10.2. The highest BCUT2D eigenvalue weighted by Crippen LogP contribution is 2.23. The number of nitrogens with one attached hydrogen (secondary N) is 1. The van der Waals surface area contributed by atoms with Gasteiger partial charge in [0.25, 0.3) is 0 Å². The summed E-state index contributed by atoms with van der Waals surface area (Å²) in [5, 5.41) is 5.82. The molecule has 0 unspecified atom stereocenters. The van der Waals surface area contributed by atoms with E-state index < -0.39 is 0 Å². The molecule has 0 fully saturated rings. The van der Waals surface area contributed by atoms with E-state index in [1.165, 1.54) is 4.88 Å². The zero-order valence-corrected chi connectivity index (χ0v) is 13.4. The number of nitrogens with two attached hydrogens (primary N) is 1. The molecule has 0 saturated carbocycles. The van der Waals surface area contributed by atoms with Crippen LogP contribution < -0.4 is 15.8 Å². The molecule has 6 heteroatoms. The van der Waals surface area contributed by atoms with Crippen molar-refractivity contribution in [3.05, 3.63) is 51.2 Å². The highest BCUT2D eigenvalue weighted by atomic mass is 35.5. The van der Waals surface area contributed by atoms with Gasteiger partial charge in [-0.05, 0) is 30.0 Å². The Kier molecular flexibility index (Phi) is 5.90. The Bertz CT molecular complexity index is 599. The van der Waals surface area contributed by atoms with Crippen molar-refractivity contribution >= 4 is 28.9 Å². The van der Waals surface area contributed by atoms with E-state index in [0.29, 0.717) is 17.5 Å². The van der Waals surface area contributed by atoms with Crippen LogP contribution in [-0.2, 0) is 13.0 Å². The van der Waals surface area contributed by atoms with Crippen LogP contribution in [0.15, 0.2) is 40.7 Å². The van der Waals surface area contributed by atoms with E-state index in [1.54, 1.807) is 24.5 Å². The molecule has 1 aromatic carbocycles. The molecule has 112 valence electrons. The topological polar surface area (TPSA) is 59.6 Å². The quantitative estimate of drug-likeness (QED) is 0.634. The standard InChI is InChI=1S/C15H18ClN3OS/c1-20-14-9-12(16)5-4-11(14)10-19-15(17)18-7-6-13-3-2-8-21-13/h2-5,8-9H,6-7,10H2,1H3,(H3,17,18,19). The van der Waals surface area contributed by atoms with Gasteiger partial charge in [-0.2, -0.15) is 0 Å². The Morgan fingerprint density at radius 2 is 2.29 bits per heavy atom. The second-order valence-corrected chi connectivity index (χ2v) is 5.88. The van der Waals surface area contributed by atoms with Crippen molar-refractivity contribution in [3.8, 4) is 5.75 Å². The molecule has 3 N–H and O–H groups in total. The fraction of sp³-hybridized carbons (Fsp3) is 0.267. The van der Waals surface area contributed by atoms with Crippen molar-refractivity contribution in [3.63, 3.8) is 0 Å². The smallest absolute Gasteiger partial charge is 0.188 e. The molecule has 0 aliphatic rings. The van der Waals surface area contributed by atoms with Gasteiger partial charge in [0.1, 0.15) is 5.75 Å². The molecule has 0 radical (unpaired) electrons. The lowest BCUT2D eigenvalue weighted by Gasteiger charge is -2.08. The van der Waals surface area contributed by atoms with Gasteiger partial charge >= 0.3 is 0 Å². The Morgan fingerprint density at radius 1 is 1.43 bits per heavy atom. The van der Waals surface area contributed by atoms with Crippen LogP contribution in [0.3, 0.4) is 0 Å². The predicted molar refractivity (Wildman–Crippen MR) is 89.4 cm³/mol. The molecule has 0 amide bonds. The summed E-state index contributed by atoms with van der Waals surface area (Å²) in [4.78, 5) is 5.64. The molecule has 0 spiro atoms. The van der Waals surface area contributed by atoms with Gasteiger partial charge in [0, 0.05) is 22.0 Å². The summed E-state index contributed by atoms with van der Waals surface area (Å²) in [5.74, 6) is 1.15. The van der Waals surface area contributed by atoms with Crippen molar-refractivity contribution in [2.45, 2.75) is 13.0 Å². The summed E-state index contributed by atoms with van der Waals surface area (Å²) in [5.41, 5.74) is 6.81. The first kappa shape index (κ1) is 15.7. The number of hydrogen-bond donors (Lipinski definition) is 2. The van der Waals surface area contributed by atoms with Crippen LogP contribution in [0.25, 0.3) is 0 Å². The van der Waals surface area contributed by atoms with Crippen LogP contribution >= 0.6 is 22.9 Å². The third-order valence-electron chi connectivity index (χ3n) is 2.93. The molecule has 1 heterocycles. The van der Waals surface area contributed by atoms with Crippen molar-refractivity contribution in [1.82, 2.24) is 5.32 Å². The van der Waals surface area contributed by atoms with Crippen LogP contribution in [0.5, 0.6) is 5.75 Å². The first-order valence-electron chi connectivity index (χ1n) is 6.57. The third kappa shape index (κ3) is 4.95. The zero-order valence-electron chi connectivity index (χ0n) is 11.8.